The molecule has 3 rings (SSSR count). The number of piperazine rings is 1. The third-order valence-electron chi connectivity index (χ3n) is 4.68. The Bertz CT molecular complexity index is 454. The van der Waals surface area contributed by atoms with Crippen LogP contribution in [0, 0.1) is 0 Å². The molecule has 2 aliphatic rings. The number of nitrogens with zero attached hydrogens (tertiary/aromatic N) is 4. The van der Waals surface area contributed by atoms with Crippen LogP contribution in [-0.2, 0) is 16.0 Å². The number of methoxy groups -OCH3 is 1. The number of aromatic nitrogens is 2. The monoisotopic (exact) mass is 320 g/mol. The largest absolute Gasteiger partial charge is 0.383 e. The lowest BCUT2D eigenvalue weighted by molar-refractivity contribution is 0.00937. The molecule has 2 saturated heterocycles. The zero-order valence-corrected chi connectivity index (χ0v) is 14.1. The molecule has 0 radical (unpaired) electrons. The molecule has 0 N–H and O–H groups in total. The molecule has 1 aromatic heterocycles. The molecule has 0 amide bonds. The third kappa shape index (κ3) is 4.94. The maximum Gasteiger partial charge on any atom is 0.157 e. The summed E-state index contributed by atoms with van der Waals surface area (Å²) in [4.78, 5) is 14.0. The zero-order valence-electron chi connectivity index (χ0n) is 14.1. The Morgan fingerprint density at radius 1 is 1.13 bits per heavy atom. The van der Waals surface area contributed by atoms with Crippen molar-refractivity contribution >= 4 is 0 Å². The zero-order chi connectivity index (χ0) is 15.9. The molecular formula is C17H28N4O2. The van der Waals surface area contributed by atoms with Gasteiger partial charge in [0.2, 0.25) is 0 Å². The Hall–Kier alpha value is -1.08. The van der Waals surface area contributed by atoms with Crippen LogP contribution in [-0.4, -0.2) is 72.8 Å². The second kappa shape index (κ2) is 8.68. The molecule has 0 bridgehead atoms. The van der Waals surface area contributed by atoms with Crippen molar-refractivity contribution in [2.45, 2.75) is 31.9 Å². The summed E-state index contributed by atoms with van der Waals surface area (Å²) in [6, 6.07) is 0. The van der Waals surface area contributed by atoms with Gasteiger partial charge in [-0.25, -0.2) is 9.97 Å². The summed E-state index contributed by atoms with van der Waals surface area (Å²) < 4.78 is 10.9. The average molecular weight is 320 g/mol. The fraction of sp³-hybridized carbons (Fsp3) is 0.765. The minimum atomic E-state index is 0.0992. The lowest BCUT2D eigenvalue weighted by atomic mass is 10.1. The highest BCUT2D eigenvalue weighted by Crippen LogP contribution is 2.24. The molecule has 0 aromatic carbocycles. The van der Waals surface area contributed by atoms with Crippen molar-refractivity contribution in [3.63, 3.8) is 0 Å². The first-order chi connectivity index (χ1) is 11.3. The normalized spacial score (nSPS) is 24.0. The van der Waals surface area contributed by atoms with Crippen LogP contribution in [0.25, 0.3) is 0 Å². The first-order valence-electron chi connectivity index (χ1n) is 8.71. The quantitative estimate of drug-likeness (QED) is 0.791. The van der Waals surface area contributed by atoms with Gasteiger partial charge in [0.15, 0.2) is 5.82 Å². The molecule has 6 nitrogen and oxygen atoms in total. The lowest BCUT2D eigenvalue weighted by Gasteiger charge is -2.34. The molecule has 2 aliphatic heterocycles. The Morgan fingerprint density at radius 2 is 1.87 bits per heavy atom. The smallest absolute Gasteiger partial charge is 0.157 e. The molecule has 6 heteroatoms. The van der Waals surface area contributed by atoms with Gasteiger partial charge in [-0.2, -0.15) is 0 Å². The summed E-state index contributed by atoms with van der Waals surface area (Å²) in [7, 11) is 1.76. The van der Waals surface area contributed by atoms with Crippen LogP contribution in [0.2, 0.25) is 0 Å². The molecule has 0 aliphatic carbocycles. The molecule has 2 fully saturated rings. The SMILES string of the molecule is COCCN1CCN(Cc2cnc(C3CCCCO3)nc2)CC1. The van der Waals surface area contributed by atoms with Crippen molar-refractivity contribution in [3.8, 4) is 0 Å². The molecule has 1 unspecified atom stereocenters. The van der Waals surface area contributed by atoms with E-state index in [9.17, 15) is 0 Å². The molecule has 23 heavy (non-hydrogen) atoms. The second-order valence-corrected chi connectivity index (χ2v) is 6.42. The van der Waals surface area contributed by atoms with E-state index in [4.69, 9.17) is 9.47 Å². The summed E-state index contributed by atoms with van der Waals surface area (Å²) in [5.74, 6) is 0.845. The molecule has 128 valence electrons. The number of hydrogen-bond donors (Lipinski definition) is 0. The van der Waals surface area contributed by atoms with Crippen molar-refractivity contribution in [3.05, 3.63) is 23.8 Å². The summed E-state index contributed by atoms with van der Waals surface area (Å²) in [6.45, 7) is 8.03. The van der Waals surface area contributed by atoms with Crippen molar-refractivity contribution in [1.29, 1.82) is 0 Å². The predicted octanol–water partition coefficient (Wildman–Crippen LogP) is 1.48. The Balaban J connectivity index is 1.45. The highest BCUT2D eigenvalue weighted by atomic mass is 16.5. The van der Waals surface area contributed by atoms with E-state index in [1.54, 1.807) is 7.11 Å². The van der Waals surface area contributed by atoms with Crippen LogP contribution in [0.1, 0.15) is 36.8 Å². The van der Waals surface area contributed by atoms with E-state index in [-0.39, 0.29) is 6.10 Å². The van der Waals surface area contributed by atoms with Crippen LogP contribution >= 0.6 is 0 Å². The van der Waals surface area contributed by atoms with Crippen molar-refractivity contribution in [1.82, 2.24) is 19.8 Å². The van der Waals surface area contributed by atoms with Gasteiger partial charge in [0.05, 0.1) is 6.61 Å². The Morgan fingerprint density at radius 3 is 2.52 bits per heavy atom. The molecule has 3 heterocycles. The van der Waals surface area contributed by atoms with Gasteiger partial charge in [0, 0.05) is 70.9 Å². The van der Waals surface area contributed by atoms with Gasteiger partial charge < -0.3 is 9.47 Å². The minimum Gasteiger partial charge on any atom is -0.383 e. The van der Waals surface area contributed by atoms with Crippen molar-refractivity contribution < 1.29 is 9.47 Å². The summed E-state index contributed by atoms with van der Waals surface area (Å²) in [5.41, 5.74) is 1.19. The van der Waals surface area contributed by atoms with E-state index in [0.717, 1.165) is 71.1 Å². The van der Waals surface area contributed by atoms with Gasteiger partial charge >= 0.3 is 0 Å². The standard InChI is InChI=1S/C17H28N4O2/c1-22-11-9-20-5-7-21(8-6-20)14-15-12-18-17(19-13-15)16-4-2-3-10-23-16/h12-13,16H,2-11,14H2,1H3. The number of rotatable bonds is 6. The van der Waals surface area contributed by atoms with E-state index in [1.165, 1.54) is 12.0 Å². The second-order valence-electron chi connectivity index (χ2n) is 6.42. The number of hydrogen-bond acceptors (Lipinski definition) is 6. The average Bonchev–Trinajstić information content (AvgIpc) is 2.62. The molecular weight excluding hydrogens is 292 g/mol. The van der Waals surface area contributed by atoms with E-state index < -0.39 is 0 Å². The summed E-state index contributed by atoms with van der Waals surface area (Å²) >= 11 is 0. The van der Waals surface area contributed by atoms with Gasteiger partial charge in [-0.05, 0) is 19.3 Å². The van der Waals surface area contributed by atoms with Crippen LogP contribution in [0.15, 0.2) is 12.4 Å². The molecule has 0 spiro atoms. The van der Waals surface area contributed by atoms with Gasteiger partial charge in [-0.1, -0.05) is 0 Å². The first-order valence-corrected chi connectivity index (χ1v) is 8.71. The lowest BCUT2D eigenvalue weighted by Crippen LogP contribution is -2.46. The van der Waals surface area contributed by atoms with Gasteiger partial charge in [0.1, 0.15) is 6.10 Å². The summed E-state index contributed by atoms with van der Waals surface area (Å²) in [5, 5.41) is 0. The number of ether oxygens (including phenoxy) is 2. The highest BCUT2D eigenvalue weighted by Gasteiger charge is 2.19. The van der Waals surface area contributed by atoms with Crippen LogP contribution in [0.3, 0.4) is 0 Å². The third-order valence-corrected chi connectivity index (χ3v) is 4.68. The molecule has 0 saturated carbocycles. The fourth-order valence-corrected chi connectivity index (χ4v) is 3.21. The molecule has 1 aromatic rings. The van der Waals surface area contributed by atoms with Gasteiger partial charge in [-0.15, -0.1) is 0 Å². The highest BCUT2D eigenvalue weighted by molar-refractivity contribution is 5.07. The topological polar surface area (TPSA) is 50.7 Å². The van der Waals surface area contributed by atoms with E-state index >= 15 is 0 Å². The molecule has 1 atom stereocenters. The first kappa shape index (κ1) is 16.8. The fourth-order valence-electron chi connectivity index (χ4n) is 3.21. The Labute approximate surface area is 138 Å². The maximum atomic E-state index is 5.75. The minimum absolute atomic E-state index is 0.0992. The van der Waals surface area contributed by atoms with E-state index in [2.05, 4.69) is 19.8 Å². The van der Waals surface area contributed by atoms with Crippen LogP contribution in [0.4, 0.5) is 0 Å². The van der Waals surface area contributed by atoms with Gasteiger partial charge in [-0.3, -0.25) is 9.80 Å². The van der Waals surface area contributed by atoms with Crippen molar-refractivity contribution in [2.24, 2.45) is 0 Å². The van der Waals surface area contributed by atoms with E-state index in [1.807, 2.05) is 12.4 Å². The maximum absolute atomic E-state index is 5.75. The van der Waals surface area contributed by atoms with Crippen LogP contribution in [0.5, 0.6) is 0 Å². The Kier molecular flexibility index (Phi) is 6.33. The van der Waals surface area contributed by atoms with Gasteiger partial charge in [0.25, 0.3) is 0 Å². The van der Waals surface area contributed by atoms with Crippen molar-refractivity contribution in [2.75, 3.05) is 53.0 Å². The summed E-state index contributed by atoms with van der Waals surface area (Å²) in [6.07, 6.45) is 7.45. The predicted molar refractivity (Wildman–Crippen MR) is 88.2 cm³/mol. The van der Waals surface area contributed by atoms with E-state index in [0.29, 0.717) is 0 Å². The van der Waals surface area contributed by atoms with Crippen LogP contribution < -0.4 is 0 Å².